The number of nitrogens with zero attached hydrogens (tertiary/aromatic N) is 5. The molecule has 0 amide bonds. The number of H-pyrrole nitrogens is 1. The number of aromatic amines is 1. The van der Waals surface area contributed by atoms with Crippen LogP contribution in [0.4, 0.5) is 4.39 Å². The number of nitrogens with one attached hydrogen (secondary N) is 1. The van der Waals surface area contributed by atoms with Crippen molar-refractivity contribution in [2.45, 2.75) is 39.2 Å². The molecule has 0 atom stereocenters. The van der Waals surface area contributed by atoms with E-state index in [2.05, 4.69) is 56.4 Å². The third-order valence-electron chi connectivity index (χ3n) is 6.92. The first-order valence-electron chi connectivity index (χ1n) is 13.6. The van der Waals surface area contributed by atoms with Crippen molar-refractivity contribution >= 4 is 12.0 Å². The van der Waals surface area contributed by atoms with Crippen LogP contribution in [0.15, 0.2) is 84.6 Å². The van der Waals surface area contributed by atoms with Gasteiger partial charge in [0.1, 0.15) is 11.6 Å². The van der Waals surface area contributed by atoms with E-state index in [-0.39, 0.29) is 5.82 Å². The molecule has 0 aliphatic heterocycles. The predicted octanol–water partition coefficient (Wildman–Crippen LogP) is 6.06. The maximum absolute atomic E-state index is 13.4. The van der Waals surface area contributed by atoms with Crippen molar-refractivity contribution in [2.75, 3.05) is 7.11 Å². The third-order valence-corrected chi connectivity index (χ3v) is 6.92. The first-order valence-corrected chi connectivity index (χ1v) is 13.6. The number of benzene rings is 3. The van der Waals surface area contributed by atoms with Gasteiger partial charge in [0, 0.05) is 30.5 Å². The Balaban J connectivity index is 1.45. The normalized spacial score (nSPS) is 11.5. The number of aryl methyl sites for hydroxylation is 1. The van der Waals surface area contributed by atoms with Crippen LogP contribution < -0.4 is 0 Å². The minimum absolute atomic E-state index is 0.316. The van der Waals surface area contributed by atoms with Crippen molar-refractivity contribution in [1.29, 1.82) is 0 Å². The molecule has 41 heavy (non-hydrogen) atoms. The number of imidazole rings is 1. The topological polar surface area (TPSA) is 98.6 Å². The molecule has 0 spiro atoms. The molecule has 0 unspecified atom stereocenters. The van der Waals surface area contributed by atoms with Crippen LogP contribution in [0.5, 0.6) is 0 Å². The Morgan fingerprint density at radius 3 is 2.41 bits per heavy atom. The summed E-state index contributed by atoms with van der Waals surface area (Å²) in [6, 6.07) is 22.4. The van der Waals surface area contributed by atoms with E-state index in [1.807, 2.05) is 30.3 Å². The Kier molecular flexibility index (Phi) is 8.73. The van der Waals surface area contributed by atoms with Crippen molar-refractivity contribution in [2.24, 2.45) is 0 Å². The number of halogens is 1. The lowest BCUT2D eigenvalue weighted by molar-refractivity contribution is -0.136. The van der Waals surface area contributed by atoms with Crippen molar-refractivity contribution in [3.8, 4) is 22.5 Å². The van der Waals surface area contributed by atoms with Crippen LogP contribution in [0.2, 0.25) is 0 Å². The largest absolute Gasteiger partial charge is 0.466 e. The van der Waals surface area contributed by atoms with Gasteiger partial charge >= 0.3 is 5.97 Å². The number of methoxy groups -OCH3 is 1. The Bertz CT molecular complexity index is 1620. The van der Waals surface area contributed by atoms with Crippen LogP contribution in [-0.2, 0) is 28.9 Å². The van der Waals surface area contributed by atoms with Gasteiger partial charge in [-0.25, -0.2) is 14.2 Å². The van der Waals surface area contributed by atoms with Gasteiger partial charge in [0.25, 0.3) is 0 Å². The second kappa shape index (κ2) is 13.0. The summed E-state index contributed by atoms with van der Waals surface area (Å²) in [6.45, 7) is 2.74. The Morgan fingerprint density at radius 1 is 1.00 bits per heavy atom. The van der Waals surface area contributed by atoms with E-state index >= 15 is 0 Å². The summed E-state index contributed by atoms with van der Waals surface area (Å²) in [7, 11) is 1.36. The van der Waals surface area contributed by atoms with Gasteiger partial charge in [-0.2, -0.15) is 5.21 Å². The predicted molar refractivity (Wildman–Crippen MR) is 155 cm³/mol. The lowest BCUT2D eigenvalue weighted by Gasteiger charge is -2.13. The zero-order valence-corrected chi connectivity index (χ0v) is 23.0. The molecule has 0 saturated carbocycles. The van der Waals surface area contributed by atoms with Gasteiger partial charge < -0.3 is 9.30 Å². The SMILES string of the molecule is CCCCc1ncc(C=C(Cc2ccc(F)cc2)C(=O)OC)n1Cc1ccc(-c2ccccc2-c2nn[nH]n2)cc1. The second-order valence-electron chi connectivity index (χ2n) is 9.73. The molecule has 2 aromatic heterocycles. The smallest absolute Gasteiger partial charge is 0.334 e. The third kappa shape index (κ3) is 6.63. The van der Waals surface area contributed by atoms with Crippen LogP contribution in [-0.4, -0.2) is 43.3 Å². The number of unbranched alkanes of at least 4 members (excludes halogenated alkanes) is 1. The minimum Gasteiger partial charge on any atom is -0.466 e. The van der Waals surface area contributed by atoms with Crippen LogP contribution in [0.3, 0.4) is 0 Å². The highest BCUT2D eigenvalue weighted by Gasteiger charge is 2.16. The van der Waals surface area contributed by atoms with E-state index in [4.69, 9.17) is 9.72 Å². The summed E-state index contributed by atoms with van der Waals surface area (Å²) in [5.41, 5.74) is 6.14. The molecule has 5 aromatic rings. The average Bonchev–Trinajstić information content (AvgIpc) is 3.67. The van der Waals surface area contributed by atoms with E-state index in [0.29, 0.717) is 24.4 Å². The molecule has 5 rings (SSSR count). The fourth-order valence-corrected chi connectivity index (χ4v) is 4.75. The molecule has 8 nitrogen and oxygen atoms in total. The number of aromatic nitrogens is 6. The van der Waals surface area contributed by atoms with E-state index < -0.39 is 5.97 Å². The average molecular weight is 551 g/mol. The highest BCUT2D eigenvalue weighted by atomic mass is 19.1. The molecule has 2 heterocycles. The number of tetrazole rings is 1. The molecule has 0 saturated heterocycles. The molecule has 3 aromatic carbocycles. The fraction of sp³-hybridized carbons (Fsp3) is 0.219. The molecule has 0 aliphatic rings. The molecular formula is C32H31FN6O2. The van der Waals surface area contributed by atoms with Crippen LogP contribution >= 0.6 is 0 Å². The van der Waals surface area contributed by atoms with Gasteiger partial charge in [0.05, 0.1) is 19.0 Å². The number of esters is 1. The van der Waals surface area contributed by atoms with E-state index in [1.54, 1.807) is 18.3 Å². The number of rotatable bonds is 11. The summed E-state index contributed by atoms with van der Waals surface area (Å²) in [5, 5.41) is 14.5. The van der Waals surface area contributed by atoms with E-state index in [0.717, 1.165) is 58.6 Å². The number of ether oxygens (including phenoxy) is 1. The summed E-state index contributed by atoms with van der Waals surface area (Å²) >= 11 is 0. The van der Waals surface area contributed by atoms with Gasteiger partial charge in [-0.15, -0.1) is 10.2 Å². The monoisotopic (exact) mass is 550 g/mol. The van der Waals surface area contributed by atoms with Crippen LogP contribution in [0.1, 0.15) is 42.4 Å². The van der Waals surface area contributed by atoms with Crippen LogP contribution in [0.25, 0.3) is 28.6 Å². The summed E-state index contributed by atoms with van der Waals surface area (Å²) in [6.07, 6.45) is 6.82. The molecular weight excluding hydrogens is 519 g/mol. The zero-order chi connectivity index (χ0) is 28.6. The van der Waals surface area contributed by atoms with Gasteiger partial charge in [-0.05, 0) is 52.1 Å². The maximum atomic E-state index is 13.4. The number of hydrogen-bond donors (Lipinski definition) is 1. The molecule has 0 fully saturated rings. The molecule has 0 radical (unpaired) electrons. The van der Waals surface area contributed by atoms with Crippen LogP contribution in [0, 0.1) is 5.82 Å². The first-order chi connectivity index (χ1) is 20.1. The Morgan fingerprint density at radius 2 is 1.73 bits per heavy atom. The molecule has 9 heteroatoms. The Labute approximate surface area is 237 Å². The summed E-state index contributed by atoms with van der Waals surface area (Å²) < 4.78 is 20.7. The zero-order valence-electron chi connectivity index (χ0n) is 23.0. The van der Waals surface area contributed by atoms with Gasteiger partial charge in [-0.3, -0.25) is 0 Å². The lowest BCUT2D eigenvalue weighted by atomic mass is 9.98. The molecule has 208 valence electrons. The number of carbonyl (C=O) groups excluding carboxylic acids is 1. The minimum atomic E-state index is -0.429. The second-order valence-corrected chi connectivity index (χ2v) is 9.73. The lowest BCUT2D eigenvalue weighted by Crippen LogP contribution is -2.10. The molecule has 0 aliphatic carbocycles. The van der Waals surface area contributed by atoms with Crippen molar-refractivity contribution in [1.82, 2.24) is 30.2 Å². The van der Waals surface area contributed by atoms with Crippen molar-refractivity contribution < 1.29 is 13.9 Å². The molecule has 0 bridgehead atoms. The quantitative estimate of drug-likeness (QED) is 0.159. The number of carbonyl (C=O) groups is 1. The molecule has 1 N–H and O–H groups in total. The summed E-state index contributed by atoms with van der Waals surface area (Å²) in [5.74, 6) is 0.750. The standard InChI is InChI=1S/C32H31FN6O2/c1-3-4-9-30-34-20-27(19-25(32(40)41-2)18-22-12-16-26(33)17-13-22)39(30)21-23-10-14-24(15-11-23)28-7-5-6-8-29(28)31-35-37-38-36-31/h5-8,10-17,19-20H,3-4,9,18,21H2,1-2H3,(H,35,36,37,38). The van der Waals surface area contributed by atoms with Gasteiger partial charge in [0.15, 0.2) is 0 Å². The van der Waals surface area contributed by atoms with Crippen molar-refractivity contribution in [3.05, 3.63) is 113 Å². The van der Waals surface area contributed by atoms with E-state index in [9.17, 15) is 9.18 Å². The first kappa shape index (κ1) is 27.6. The highest BCUT2D eigenvalue weighted by Crippen LogP contribution is 2.30. The fourth-order valence-electron chi connectivity index (χ4n) is 4.75. The van der Waals surface area contributed by atoms with Gasteiger partial charge in [-0.1, -0.05) is 74.0 Å². The summed E-state index contributed by atoms with van der Waals surface area (Å²) in [4.78, 5) is 17.4. The number of hydrogen-bond acceptors (Lipinski definition) is 6. The van der Waals surface area contributed by atoms with E-state index in [1.165, 1.54) is 19.2 Å². The Hall–Kier alpha value is -4.92. The highest BCUT2D eigenvalue weighted by molar-refractivity contribution is 5.93. The van der Waals surface area contributed by atoms with Crippen molar-refractivity contribution in [3.63, 3.8) is 0 Å². The maximum Gasteiger partial charge on any atom is 0.334 e. The van der Waals surface area contributed by atoms with Gasteiger partial charge in [0.2, 0.25) is 5.82 Å².